The van der Waals surface area contributed by atoms with Gasteiger partial charge in [0, 0.05) is 17.8 Å². The van der Waals surface area contributed by atoms with E-state index in [0.29, 0.717) is 17.8 Å². The van der Waals surface area contributed by atoms with Gasteiger partial charge in [0.2, 0.25) is 0 Å². The van der Waals surface area contributed by atoms with Crippen LogP contribution in [-0.4, -0.2) is 5.11 Å². The smallest absolute Gasteiger partial charge is 0.251 e. The van der Waals surface area contributed by atoms with Crippen molar-refractivity contribution in [3.8, 4) is 11.5 Å². The predicted molar refractivity (Wildman–Crippen MR) is 61.7 cm³/mol. The molecule has 0 bridgehead atoms. The van der Waals surface area contributed by atoms with E-state index in [1.807, 2.05) is 0 Å². The van der Waals surface area contributed by atoms with E-state index in [9.17, 15) is 0 Å². The van der Waals surface area contributed by atoms with E-state index < -0.39 is 8.45 Å². The Balaban J connectivity index is 1.92. The highest BCUT2D eigenvalue weighted by molar-refractivity contribution is 7.71. The molecule has 4 N–H and O–H groups in total. The fourth-order valence-corrected chi connectivity index (χ4v) is 4.81. The van der Waals surface area contributed by atoms with Crippen molar-refractivity contribution in [2.24, 2.45) is 0 Å². The van der Waals surface area contributed by atoms with Gasteiger partial charge in [0.05, 0.1) is 0 Å². The summed E-state index contributed by atoms with van der Waals surface area (Å²) in [7, 11) is 0.294. The van der Waals surface area contributed by atoms with Crippen LogP contribution in [0.5, 0.6) is 11.5 Å². The minimum Gasteiger partial charge on any atom is -0.508 e. The van der Waals surface area contributed by atoms with Gasteiger partial charge in [0.1, 0.15) is 11.5 Å². The molecule has 1 aliphatic heterocycles. The van der Waals surface area contributed by atoms with E-state index in [4.69, 9.17) is 9.63 Å². The van der Waals surface area contributed by atoms with Crippen molar-refractivity contribution in [3.63, 3.8) is 0 Å². The van der Waals surface area contributed by atoms with E-state index in [-0.39, 0.29) is 5.75 Å². The molecule has 0 spiro atoms. The first-order valence-corrected chi connectivity index (χ1v) is 7.14. The molecule has 8 heteroatoms. The molecule has 1 fully saturated rings. The zero-order valence-electron chi connectivity index (χ0n) is 7.11. The molecule has 1 saturated heterocycles. The van der Waals surface area contributed by atoms with Crippen LogP contribution in [-0.2, 0) is 0 Å². The van der Waals surface area contributed by atoms with Crippen LogP contribution in [0.1, 0.15) is 0 Å². The molecule has 0 amide bonds. The van der Waals surface area contributed by atoms with E-state index in [0.717, 1.165) is 5.75 Å². The molecule has 0 saturated carbocycles. The van der Waals surface area contributed by atoms with Crippen molar-refractivity contribution >= 4 is 26.2 Å². The molecule has 1 aromatic carbocycles. The number of phenols is 1. The maximum absolute atomic E-state index is 9.07. The molecule has 2 atom stereocenters. The van der Waals surface area contributed by atoms with Gasteiger partial charge in [-0.2, -0.15) is 0 Å². The van der Waals surface area contributed by atoms with Crippen LogP contribution in [0.3, 0.4) is 0 Å². The largest absolute Gasteiger partial charge is 0.508 e. The SMILES string of the molecule is Oc1ccc(OP2NPNPN2)cc1. The molecular formula is C6H10N3O2P3. The monoisotopic (exact) mass is 249 g/mol. The lowest BCUT2D eigenvalue weighted by Gasteiger charge is -2.24. The molecule has 14 heavy (non-hydrogen) atoms. The summed E-state index contributed by atoms with van der Waals surface area (Å²) in [6, 6.07) is 6.71. The third-order valence-electron chi connectivity index (χ3n) is 1.47. The summed E-state index contributed by atoms with van der Waals surface area (Å²) in [6.07, 6.45) is 0. The summed E-state index contributed by atoms with van der Waals surface area (Å²) in [6.45, 7) is 0. The van der Waals surface area contributed by atoms with Crippen molar-refractivity contribution in [1.29, 1.82) is 0 Å². The number of nitrogens with one attached hydrogen (secondary N) is 3. The molecule has 1 heterocycles. The van der Waals surface area contributed by atoms with Crippen LogP contribution < -0.4 is 19.1 Å². The lowest BCUT2D eigenvalue weighted by Crippen LogP contribution is -2.18. The van der Waals surface area contributed by atoms with Gasteiger partial charge >= 0.3 is 0 Å². The normalized spacial score (nSPS) is 25.3. The standard InChI is InChI=1S/C6H10N3O2P3/c10-5-1-3-6(4-2-5)11-14-8-12-7-13-9-14/h1-4,7-10,12-13H. The van der Waals surface area contributed by atoms with Gasteiger partial charge < -0.3 is 9.63 Å². The van der Waals surface area contributed by atoms with Gasteiger partial charge in [-0.3, -0.25) is 4.86 Å². The second kappa shape index (κ2) is 5.18. The van der Waals surface area contributed by atoms with Crippen LogP contribution in [0, 0.1) is 0 Å². The lowest BCUT2D eigenvalue weighted by atomic mass is 10.3. The van der Waals surface area contributed by atoms with Crippen molar-refractivity contribution in [1.82, 2.24) is 14.6 Å². The summed E-state index contributed by atoms with van der Waals surface area (Å²) in [5, 5.41) is 9.07. The van der Waals surface area contributed by atoms with Gasteiger partial charge in [-0.1, -0.05) is 0 Å². The topological polar surface area (TPSA) is 65.5 Å². The van der Waals surface area contributed by atoms with Gasteiger partial charge in [-0.15, -0.1) is 0 Å². The molecule has 0 aliphatic carbocycles. The maximum Gasteiger partial charge on any atom is 0.251 e. The summed E-state index contributed by atoms with van der Waals surface area (Å²) < 4.78 is 5.62. The van der Waals surface area contributed by atoms with Crippen LogP contribution in [0.2, 0.25) is 0 Å². The Labute approximate surface area is 86.7 Å². The molecule has 5 nitrogen and oxygen atoms in total. The Bertz CT molecular complexity index is 291. The van der Waals surface area contributed by atoms with E-state index in [1.54, 1.807) is 24.3 Å². The number of aromatic hydroxyl groups is 1. The Morgan fingerprint density at radius 2 is 1.79 bits per heavy atom. The number of benzene rings is 1. The van der Waals surface area contributed by atoms with Gasteiger partial charge in [0.15, 0.2) is 0 Å². The summed E-state index contributed by atoms with van der Waals surface area (Å²) >= 11 is 0. The van der Waals surface area contributed by atoms with Crippen molar-refractivity contribution in [2.75, 3.05) is 0 Å². The number of rotatable bonds is 2. The first-order valence-electron chi connectivity index (χ1n) is 3.88. The first kappa shape index (κ1) is 10.5. The second-order valence-corrected chi connectivity index (χ2v) is 6.54. The minimum absolute atomic E-state index is 0.250. The average Bonchev–Trinajstić information content (AvgIpc) is 2.23. The Morgan fingerprint density at radius 3 is 2.43 bits per heavy atom. The van der Waals surface area contributed by atoms with Gasteiger partial charge in [-0.05, 0) is 24.3 Å². The fourth-order valence-electron chi connectivity index (χ4n) is 0.875. The second-order valence-electron chi connectivity index (χ2n) is 2.48. The van der Waals surface area contributed by atoms with E-state index in [2.05, 4.69) is 14.6 Å². The third kappa shape index (κ3) is 2.99. The molecule has 0 radical (unpaired) electrons. The van der Waals surface area contributed by atoms with E-state index >= 15 is 0 Å². The fraction of sp³-hybridized carbons (Fsp3) is 0. The van der Waals surface area contributed by atoms with Crippen LogP contribution >= 0.6 is 26.2 Å². The molecule has 76 valence electrons. The quantitative estimate of drug-likeness (QED) is 0.602. The first-order chi connectivity index (χ1) is 6.84. The Hall–Kier alpha value is -0.0100. The van der Waals surface area contributed by atoms with Crippen molar-refractivity contribution in [2.45, 2.75) is 0 Å². The number of hydrogen-bond acceptors (Lipinski definition) is 5. The molecule has 0 aromatic heterocycles. The number of phenolic OH excluding ortho intramolecular Hbond substituents is 1. The molecular weight excluding hydrogens is 239 g/mol. The Kier molecular flexibility index (Phi) is 3.89. The molecule has 1 aliphatic rings. The van der Waals surface area contributed by atoms with E-state index in [1.165, 1.54) is 0 Å². The predicted octanol–water partition coefficient (Wildman–Crippen LogP) is 1.80. The zero-order chi connectivity index (χ0) is 9.80. The summed E-state index contributed by atoms with van der Waals surface area (Å²) in [4.78, 5) is 9.49. The lowest BCUT2D eigenvalue weighted by molar-refractivity contribution is 0.474. The highest BCUT2D eigenvalue weighted by atomic mass is 31.2. The van der Waals surface area contributed by atoms with Crippen molar-refractivity contribution < 1.29 is 9.63 Å². The number of hydrogen-bond donors (Lipinski definition) is 4. The Morgan fingerprint density at radius 1 is 1.14 bits per heavy atom. The van der Waals surface area contributed by atoms with Crippen LogP contribution in [0.15, 0.2) is 24.3 Å². The molecule has 1 aromatic rings. The van der Waals surface area contributed by atoms with Gasteiger partial charge in [0.25, 0.3) is 8.45 Å². The molecule has 2 rings (SSSR count). The third-order valence-corrected chi connectivity index (χ3v) is 5.39. The van der Waals surface area contributed by atoms with Crippen LogP contribution in [0.4, 0.5) is 0 Å². The van der Waals surface area contributed by atoms with Crippen molar-refractivity contribution in [3.05, 3.63) is 24.3 Å². The van der Waals surface area contributed by atoms with Gasteiger partial charge in [-0.25, -0.2) is 9.72 Å². The minimum atomic E-state index is -0.777. The summed E-state index contributed by atoms with van der Waals surface area (Å²) in [5.74, 6) is 1.01. The highest BCUT2D eigenvalue weighted by Gasteiger charge is 2.13. The van der Waals surface area contributed by atoms with Crippen LogP contribution in [0.25, 0.3) is 0 Å². The molecule has 2 unspecified atom stereocenters. The summed E-state index contributed by atoms with van der Waals surface area (Å²) in [5.41, 5.74) is 0. The average molecular weight is 249 g/mol. The highest BCUT2D eigenvalue weighted by Crippen LogP contribution is 2.40. The maximum atomic E-state index is 9.07. The zero-order valence-corrected chi connectivity index (χ0v) is 10.0.